The molecule has 2 aromatic rings. The van der Waals surface area contributed by atoms with Gasteiger partial charge in [-0.05, 0) is 24.6 Å². The number of ether oxygens (including phenoxy) is 3. The number of hydrogen-bond donors (Lipinski definition) is 0. The van der Waals surface area contributed by atoms with Crippen LogP contribution in [0.2, 0.25) is 0 Å². The summed E-state index contributed by atoms with van der Waals surface area (Å²) in [6, 6.07) is 4.28. The van der Waals surface area contributed by atoms with Gasteiger partial charge in [0.05, 0.1) is 12.1 Å². The average molecular weight is 324 g/mol. The van der Waals surface area contributed by atoms with E-state index in [1.54, 1.807) is 25.0 Å². The van der Waals surface area contributed by atoms with Crippen LogP contribution in [-0.2, 0) is 20.8 Å². The van der Waals surface area contributed by atoms with Gasteiger partial charge in [0, 0.05) is 45.8 Å². The highest BCUT2D eigenvalue weighted by atomic mass is 19.1. The number of benzene rings is 1. The van der Waals surface area contributed by atoms with Gasteiger partial charge in [-0.25, -0.2) is 9.18 Å². The summed E-state index contributed by atoms with van der Waals surface area (Å²) in [5.74, 6) is -0.968. The number of aromatic nitrogens is 2. The molecule has 1 aromatic carbocycles. The minimum absolute atomic E-state index is 0.134. The summed E-state index contributed by atoms with van der Waals surface area (Å²) in [6.07, 6.45) is 1.34. The first kappa shape index (κ1) is 17.4. The summed E-state index contributed by atoms with van der Waals surface area (Å²) in [6.45, 7) is 1.90. The van der Waals surface area contributed by atoms with Crippen LogP contribution in [0.5, 0.6) is 0 Å². The van der Waals surface area contributed by atoms with Crippen molar-refractivity contribution in [2.75, 3.05) is 34.0 Å². The maximum atomic E-state index is 13.5. The van der Waals surface area contributed by atoms with E-state index in [1.807, 2.05) is 0 Å². The Kier molecular flexibility index (Phi) is 6.49. The highest BCUT2D eigenvalue weighted by Crippen LogP contribution is 2.21. The van der Waals surface area contributed by atoms with Crippen molar-refractivity contribution in [2.24, 2.45) is 0 Å². The molecule has 1 aromatic heterocycles. The molecule has 0 aliphatic carbocycles. The highest BCUT2D eigenvalue weighted by molar-refractivity contribution is 6.02. The molecular formula is C16H21FN2O4. The molecule has 23 heavy (non-hydrogen) atoms. The molecule has 0 unspecified atom stereocenters. The third kappa shape index (κ3) is 4.49. The second kappa shape index (κ2) is 8.59. The number of fused-ring (bicyclic) bond motifs is 1. The molecule has 7 heteroatoms. The molecule has 0 saturated heterocycles. The maximum Gasteiger partial charge on any atom is 0.359 e. The third-order valence-corrected chi connectivity index (χ3v) is 3.35. The largest absolute Gasteiger partial charge is 0.461 e. The van der Waals surface area contributed by atoms with E-state index in [0.29, 0.717) is 37.1 Å². The maximum absolute atomic E-state index is 13.5. The monoisotopic (exact) mass is 324 g/mol. The Bertz CT molecular complexity index is 657. The van der Waals surface area contributed by atoms with Crippen molar-refractivity contribution in [2.45, 2.75) is 19.4 Å². The van der Waals surface area contributed by atoms with Crippen molar-refractivity contribution in [1.82, 2.24) is 9.78 Å². The predicted octanol–water partition coefficient (Wildman–Crippen LogP) is 2.41. The Hall–Kier alpha value is -1.99. The molecule has 0 aliphatic rings. The van der Waals surface area contributed by atoms with Crippen molar-refractivity contribution >= 4 is 16.9 Å². The van der Waals surface area contributed by atoms with Crippen LogP contribution in [-0.4, -0.2) is 49.8 Å². The number of hydrogen-bond acceptors (Lipinski definition) is 5. The summed E-state index contributed by atoms with van der Waals surface area (Å²) in [4.78, 5) is 12.2. The number of methoxy groups -OCH3 is 2. The Morgan fingerprint density at radius 2 is 1.91 bits per heavy atom. The van der Waals surface area contributed by atoms with Crippen LogP contribution < -0.4 is 0 Å². The fourth-order valence-corrected chi connectivity index (χ4v) is 2.27. The van der Waals surface area contributed by atoms with Gasteiger partial charge in [0.15, 0.2) is 5.69 Å². The van der Waals surface area contributed by atoms with Crippen molar-refractivity contribution < 1.29 is 23.4 Å². The Morgan fingerprint density at radius 1 is 1.17 bits per heavy atom. The summed E-state index contributed by atoms with van der Waals surface area (Å²) < 4.78 is 30.3. The lowest BCUT2D eigenvalue weighted by atomic mass is 10.2. The quantitative estimate of drug-likeness (QED) is 0.523. The molecule has 0 aliphatic heterocycles. The molecule has 0 saturated carbocycles. The Morgan fingerprint density at radius 3 is 2.65 bits per heavy atom. The zero-order chi connectivity index (χ0) is 16.7. The molecule has 126 valence electrons. The standard InChI is InChI=1S/C16H21FN2O4/c1-21-8-3-7-19-14-6-5-12(17)11-13(14)15(18-19)16(20)23-10-4-9-22-2/h5-6,11H,3-4,7-10H2,1-2H3. The van der Waals surface area contributed by atoms with Gasteiger partial charge in [-0.1, -0.05) is 0 Å². The molecule has 0 fully saturated rings. The van der Waals surface area contributed by atoms with Crippen molar-refractivity contribution in [3.8, 4) is 0 Å². The zero-order valence-corrected chi connectivity index (χ0v) is 13.4. The van der Waals surface area contributed by atoms with Crippen LogP contribution >= 0.6 is 0 Å². The molecular weight excluding hydrogens is 303 g/mol. The van der Waals surface area contributed by atoms with E-state index in [0.717, 1.165) is 6.42 Å². The van der Waals surface area contributed by atoms with E-state index in [9.17, 15) is 9.18 Å². The predicted molar refractivity (Wildman–Crippen MR) is 83.0 cm³/mol. The van der Waals surface area contributed by atoms with Crippen molar-refractivity contribution in [1.29, 1.82) is 0 Å². The van der Waals surface area contributed by atoms with Crippen LogP contribution in [0.15, 0.2) is 18.2 Å². The van der Waals surface area contributed by atoms with Crippen LogP contribution in [0.4, 0.5) is 4.39 Å². The van der Waals surface area contributed by atoms with Crippen LogP contribution in [0.1, 0.15) is 23.3 Å². The number of nitrogens with zero attached hydrogens (tertiary/aromatic N) is 2. The lowest BCUT2D eigenvalue weighted by molar-refractivity contribution is 0.0462. The molecule has 0 radical (unpaired) electrons. The minimum Gasteiger partial charge on any atom is -0.461 e. The van der Waals surface area contributed by atoms with Gasteiger partial charge in [-0.3, -0.25) is 4.68 Å². The molecule has 0 N–H and O–H groups in total. The van der Waals surface area contributed by atoms with Gasteiger partial charge in [-0.2, -0.15) is 5.10 Å². The smallest absolute Gasteiger partial charge is 0.359 e. The van der Waals surface area contributed by atoms with Gasteiger partial charge >= 0.3 is 5.97 Å². The molecule has 1 heterocycles. The van der Waals surface area contributed by atoms with Crippen LogP contribution in [0.3, 0.4) is 0 Å². The van der Waals surface area contributed by atoms with E-state index in [4.69, 9.17) is 14.2 Å². The molecule has 6 nitrogen and oxygen atoms in total. The molecule has 0 bridgehead atoms. The first-order valence-electron chi connectivity index (χ1n) is 7.48. The molecule has 0 amide bonds. The topological polar surface area (TPSA) is 62.6 Å². The Balaban J connectivity index is 2.20. The first-order chi connectivity index (χ1) is 11.2. The third-order valence-electron chi connectivity index (χ3n) is 3.35. The average Bonchev–Trinajstić information content (AvgIpc) is 2.90. The zero-order valence-electron chi connectivity index (χ0n) is 13.4. The fourth-order valence-electron chi connectivity index (χ4n) is 2.27. The highest BCUT2D eigenvalue weighted by Gasteiger charge is 2.19. The minimum atomic E-state index is -0.554. The lowest BCUT2D eigenvalue weighted by Gasteiger charge is -2.03. The number of carbonyl (C=O) groups excluding carboxylic acids is 1. The number of rotatable bonds is 9. The van der Waals surface area contributed by atoms with E-state index in [-0.39, 0.29) is 12.3 Å². The van der Waals surface area contributed by atoms with E-state index < -0.39 is 11.8 Å². The first-order valence-corrected chi connectivity index (χ1v) is 7.48. The van der Waals surface area contributed by atoms with Gasteiger partial charge in [0.1, 0.15) is 5.82 Å². The summed E-state index contributed by atoms with van der Waals surface area (Å²) in [7, 11) is 3.21. The number of aryl methyl sites for hydroxylation is 1. The van der Waals surface area contributed by atoms with E-state index in [1.165, 1.54) is 12.1 Å². The number of carbonyl (C=O) groups is 1. The van der Waals surface area contributed by atoms with Crippen LogP contribution in [0, 0.1) is 5.82 Å². The van der Waals surface area contributed by atoms with Crippen molar-refractivity contribution in [3.63, 3.8) is 0 Å². The molecule has 0 atom stereocenters. The van der Waals surface area contributed by atoms with Crippen molar-refractivity contribution in [3.05, 3.63) is 29.7 Å². The number of halogens is 1. The summed E-state index contributed by atoms with van der Waals surface area (Å²) >= 11 is 0. The second-order valence-corrected chi connectivity index (χ2v) is 5.06. The van der Waals surface area contributed by atoms with Gasteiger partial charge in [0.2, 0.25) is 0 Å². The van der Waals surface area contributed by atoms with E-state index in [2.05, 4.69) is 5.10 Å². The van der Waals surface area contributed by atoms with Gasteiger partial charge in [-0.15, -0.1) is 0 Å². The van der Waals surface area contributed by atoms with Gasteiger partial charge < -0.3 is 14.2 Å². The van der Waals surface area contributed by atoms with Gasteiger partial charge in [0.25, 0.3) is 0 Å². The summed E-state index contributed by atoms with van der Waals surface area (Å²) in [5.41, 5.74) is 0.834. The SMILES string of the molecule is COCCCOC(=O)c1nn(CCCOC)c2ccc(F)cc12. The van der Waals surface area contributed by atoms with Crippen LogP contribution in [0.25, 0.3) is 10.9 Å². The number of esters is 1. The Labute approximate surface area is 134 Å². The second-order valence-electron chi connectivity index (χ2n) is 5.06. The lowest BCUT2D eigenvalue weighted by Crippen LogP contribution is -2.10. The fraction of sp³-hybridized carbons (Fsp3) is 0.500. The molecule has 0 spiro atoms. The summed E-state index contributed by atoms with van der Waals surface area (Å²) in [5, 5.41) is 4.75. The van der Waals surface area contributed by atoms with E-state index >= 15 is 0 Å². The molecule has 2 rings (SSSR count). The normalized spacial score (nSPS) is 11.1.